The van der Waals surface area contributed by atoms with Crippen molar-refractivity contribution in [2.45, 2.75) is 45.7 Å². The first-order chi connectivity index (χ1) is 13.9. The Morgan fingerprint density at radius 1 is 1.21 bits per heavy atom. The van der Waals surface area contributed by atoms with Crippen molar-refractivity contribution in [1.29, 1.82) is 0 Å². The van der Waals surface area contributed by atoms with E-state index in [1.165, 1.54) is 19.4 Å². The fourth-order valence-electron chi connectivity index (χ4n) is 4.58. The fourth-order valence-corrected chi connectivity index (χ4v) is 5.56. The van der Waals surface area contributed by atoms with E-state index in [0.29, 0.717) is 24.4 Å². The Bertz CT molecular complexity index is 944. The Kier molecular flexibility index (Phi) is 6.03. The first kappa shape index (κ1) is 20.5. The highest BCUT2D eigenvalue weighted by Crippen LogP contribution is 2.25. The average Bonchev–Trinajstić information content (AvgIpc) is 3.02. The van der Waals surface area contributed by atoms with Crippen molar-refractivity contribution in [2.24, 2.45) is 0 Å². The number of hydrogen-bond donors (Lipinski definition) is 0. The second kappa shape index (κ2) is 8.53. The molecule has 1 unspecified atom stereocenters. The second-order valence-electron chi connectivity index (χ2n) is 8.43. The maximum atomic E-state index is 12.8. The summed E-state index contributed by atoms with van der Waals surface area (Å²) in [6, 6.07) is 0.625. The number of rotatable bonds is 4. The van der Waals surface area contributed by atoms with E-state index in [1.807, 2.05) is 18.7 Å². The minimum absolute atomic E-state index is 0.0316. The third kappa shape index (κ3) is 4.25. The van der Waals surface area contributed by atoms with Gasteiger partial charge in [0.25, 0.3) is 5.56 Å². The number of aromatic nitrogens is 2. The zero-order valence-corrected chi connectivity index (χ0v) is 18.5. The topological polar surface area (TPSA) is 61.7 Å². The molecular formula is C21H31N5O2S. The fraction of sp³-hybridized carbons (Fsp3) is 0.667. The van der Waals surface area contributed by atoms with E-state index in [4.69, 9.17) is 0 Å². The minimum Gasteiger partial charge on any atom is -0.340 e. The zero-order chi connectivity index (χ0) is 20.5. The van der Waals surface area contributed by atoms with Gasteiger partial charge < -0.3 is 9.80 Å². The van der Waals surface area contributed by atoms with Crippen molar-refractivity contribution in [2.75, 3.05) is 46.3 Å². The third-order valence-corrected chi connectivity index (χ3v) is 7.62. The molecule has 158 valence electrons. The summed E-state index contributed by atoms with van der Waals surface area (Å²) in [4.78, 5) is 38.8. The number of thiophene rings is 1. The number of piperidine rings is 1. The number of fused-ring (bicyclic) bond motifs is 1. The minimum atomic E-state index is -0.0316. The Morgan fingerprint density at radius 2 is 1.97 bits per heavy atom. The lowest BCUT2D eigenvalue weighted by Crippen LogP contribution is -2.55. The van der Waals surface area contributed by atoms with Crippen LogP contribution in [0.25, 0.3) is 10.2 Å². The molecule has 0 aliphatic carbocycles. The van der Waals surface area contributed by atoms with E-state index in [-0.39, 0.29) is 11.5 Å². The van der Waals surface area contributed by atoms with Gasteiger partial charge in [-0.1, -0.05) is 0 Å². The number of carbonyl (C=O) groups excluding carboxylic acids is 1. The summed E-state index contributed by atoms with van der Waals surface area (Å²) in [6.07, 6.45) is 4.46. The molecule has 1 atom stereocenters. The number of hydrogen-bond acceptors (Lipinski definition) is 6. The predicted octanol–water partition coefficient (Wildman–Crippen LogP) is 1.70. The highest BCUT2D eigenvalue weighted by atomic mass is 32.1. The molecule has 0 N–H and O–H groups in total. The number of aryl methyl sites for hydroxylation is 3. The molecule has 1 amide bonds. The normalized spacial score (nSPS) is 21.8. The van der Waals surface area contributed by atoms with E-state index in [0.717, 1.165) is 48.0 Å². The molecule has 2 aliphatic rings. The Balaban J connectivity index is 1.33. The maximum absolute atomic E-state index is 12.8. The molecule has 4 heterocycles. The number of amides is 1. The van der Waals surface area contributed by atoms with Crippen LogP contribution >= 0.6 is 11.3 Å². The van der Waals surface area contributed by atoms with Crippen LogP contribution in [0, 0.1) is 13.8 Å². The van der Waals surface area contributed by atoms with Gasteiger partial charge in [0.2, 0.25) is 5.91 Å². The number of piperazine rings is 1. The van der Waals surface area contributed by atoms with E-state index in [2.05, 4.69) is 21.8 Å². The van der Waals surface area contributed by atoms with Crippen molar-refractivity contribution >= 4 is 27.5 Å². The van der Waals surface area contributed by atoms with Gasteiger partial charge in [0.1, 0.15) is 4.83 Å². The highest BCUT2D eigenvalue weighted by Gasteiger charge is 2.28. The molecule has 2 fully saturated rings. The summed E-state index contributed by atoms with van der Waals surface area (Å²) in [7, 11) is 2.19. The SMILES string of the molecule is Cc1sc2ncn(CCC(=O)N3CCN(C4CCCN(C)C4)CC3)c(=O)c2c1C. The lowest BCUT2D eigenvalue weighted by molar-refractivity contribution is -0.133. The van der Waals surface area contributed by atoms with Crippen LogP contribution in [0.2, 0.25) is 0 Å². The van der Waals surface area contributed by atoms with Gasteiger partial charge in [-0.2, -0.15) is 0 Å². The molecule has 4 rings (SSSR count). The summed E-state index contributed by atoms with van der Waals surface area (Å²) in [5.74, 6) is 0.135. The summed E-state index contributed by atoms with van der Waals surface area (Å²) in [5.41, 5.74) is 0.976. The van der Waals surface area contributed by atoms with Crippen LogP contribution in [0.5, 0.6) is 0 Å². The largest absolute Gasteiger partial charge is 0.340 e. The van der Waals surface area contributed by atoms with Gasteiger partial charge >= 0.3 is 0 Å². The van der Waals surface area contributed by atoms with Gasteiger partial charge in [0, 0.05) is 56.6 Å². The molecule has 0 saturated carbocycles. The Labute approximate surface area is 175 Å². The molecule has 2 aliphatic heterocycles. The van der Waals surface area contributed by atoms with Crippen molar-refractivity contribution in [1.82, 2.24) is 24.3 Å². The second-order valence-corrected chi connectivity index (χ2v) is 9.63. The van der Waals surface area contributed by atoms with Gasteiger partial charge in [-0.05, 0) is 45.8 Å². The first-order valence-corrected chi connectivity index (χ1v) is 11.4. The van der Waals surface area contributed by atoms with E-state index in [1.54, 1.807) is 22.2 Å². The molecule has 2 aromatic heterocycles. The predicted molar refractivity (Wildman–Crippen MR) is 117 cm³/mol. The Morgan fingerprint density at radius 3 is 2.69 bits per heavy atom. The van der Waals surface area contributed by atoms with Gasteiger partial charge in [0.15, 0.2) is 0 Å². The Hall–Kier alpha value is -1.77. The summed E-state index contributed by atoms with van der Waals surface area (Å²) in [5, 5.41) is 0.702. The van der Waals surface area contributed by atoms with Crippen molar-refractivity contribution in [3.63, 3.8) is 0 Å². The molecular weight excluding hydrogens is 386 g/mol. The molecule has 2 saturated heterocycles. The molecule has 29 heavy (non-hydrogen) atoms. The van der Waals surface area contributed by atoms with Gasteiger partial charge in [-0.15, -0.1) is 11.3 Å². The van der Waals surface area contributed by atoms with Crippen LogP contribution in [-0.2, 0) is 11.3 Å². The molecule has 0 bridgehead atoms. The van der Waals surface area contributed by atoms with E-state index in [9.17, 15) is 9.59 Å². The van der Waals surface area contributed by atoms with Crippen LogP contribution < -0.4 is 5.56 Å². The number of likely N-dealkylation sites (tertiary alicyclic amines) is 1. The zero-order valence-electron chi connectivity index (χ0n) is 17.7. The summed E-state index contributed by atoms with van der Waals surface area (Å²) in [6.45, 7) is 10.2. The molecule has 7 nitrogen and oxygen atoms in total. The van der Waals surface area contributed by atoms with Crippen molar-refractivity contribution < 1.29 is 4.79 Å². The summed E-state index contributed by atoms with van der Waals surface area (Å²) >= 11 is 1.55. The molecule has 0 spiro atoms. The van der Waals surface area contributed by atoms with Crippen LogP contribution in [0.4, 0.5) is 0 Å². The lowest BCUT2D eigenvalue weighted by atomic mass is 10.0. The average molecular weight is 418 g/mol. The van der Waals surface area contributed by atoms with Gasteiger partial charge in [0.05, 0.1) is 11.7 Å². The third-order valence-electron chi connectivity index (χ3n) is 6.51. The highest BCUT2D eigenvalue weighted by molar-refractivity contribution is 7.18. The van der Waals surface area contributed by atoms with Crippen LogP contribution in [-0.4, -0.2) is 82.5 Å². The quantitative estimate of drug-likeness (QED) is 0.758. The number of nitrogens with zero attached hydrogens (tertiary/aromatic N) is 5. The summed E-state index contributed by atoms with van der Waals surface area (Å²) < 4.78 is 1.59. The monoisotopic (exact) mass is 417 g/mol. The number of likely N-dealkylation sites (N-methyl/N-ethyl adjacent to an activating group) is 1. The molecule has 8 heteroatoms. The standard InChI is InChI=1S/C21H31N5O2S/c1-15-16(2)29-20-19(15)21(28)26(14-22-20)8-6-18(27)25-11-9-24(10-12-25)17-5-4-7-23(3)13-17/h14,17H,4-13H2,1-3H3. The van der Waals surface area contributed by atoms with E-state index >= 15 is 0 Å². The van der Waals surface area contributed by atoms with Crippen LogP contribution in [0.3, 0.4) is 0 Å². The number of carbonyl (C=O) groups is 1. The molecule has 0 radical (unpaired) electrons. The lowest BCUT2D eigenvalue weighted by Gasteiger charge is -2.42. The van der Waals surface area contributed by atoms with Crippen molar-refractivity contribution in [3.8, 4) is 0 Å². The van der Waals surface area contributed by atoms with Crippen LogP contribution in [0.1, 0.15) is 29.7 Å². The van der Waals surface area contributed by atoms with Crippen molar-refractivity contribution in [3.05, 3.63) is 27.1 Å². The van der Waals surface area contributed by atoms with Crippen LogP contribution in [0.15, 0.2) is 11.1 Å². The maximum Gasteiger partial charge on any atom is 0.262 e. The van der Waals surface area contributed by atoms with Gasteiger partial charge in [-0.25, -0.2) is 4.98 Å². The van der Waals surface area contributed by atoms with Gasteiger partial charge in [-0.3, -0.25) is 19.1 Å². The molecule has 0 aromatic carbocycles. The van der Waals surface area contributed by atoms with E-state index < -0.39 is 0 Å². The molecule has 2 aromatic rings. The smallest absolute Gasteiger partial charge is 0.262 e. The first-order valence-electron chi connectivity index (χ1n) is 10.6.